The molecule has 0 N–H and O–H groups in total. The highest BCUT2D eigenvalue weighted by Crippen LogP contribution is 2.32. The Morgan fingerprint density at radius 1 is 0.946 bits per heavy atom. The number of halogens is 2. The summed E-state index contributed by atoms with van der Waals surface area (Å²) in [6.07, 6.45) is 1.61. The van der Waals surface area contributed by atoms with Gasteiger partial charge in [0.2, 0.25) is 0 Å². The van der Waals surface area contributed by atoms with Crippen LogP contribution in [0.4, 0.5) is 0 Å². The normalized spacial score (nSPS) is 11.8. The molecule has 0 unspecified atom stereocenters. The van der Waals surface area contributed by atoms with E-state index in [9.17, 15) is 10.1 Å². The summed E-state index contributed by atoms with van der Waals surface area (Å²) in [4.78, 5) is 17.4. The first-order chi connectivity index (χ1) is 18.0. The Morgan fingerprint density at radius 3 is 2.65 bits per heavy atom. The molecule has 0 bridgehead atoms. The van der Waals surface area contributed by atoms with Crippen LogP contribution in [0, 0.1) is 11.3 Å². The molecule has 6 aromatic rings. The van der Waals surface area contributed by atoms with Gasteiger partial charge in [-0.2, -0.15) is 5.26 Å². The molecule has 3 heterocycles. The fourth-order valence-corrected chi connectivity index (χ4v) is 5.17. The van der Waals surface area contributed by atoms with Crippen LogP contribution in [-0.2, 0) is 0 Å². The van der Waals surface area contributed by atoms with Gasteiger partial charge < -0.3 is 8.83 Å². The van der Waals surface area contributed by atoms with Crippen LogP contribution in [0.25, 0.3) is 56.0 Å². The van der Waals surface area contributed by atoms with Gasteiger partial charge in [-0.25, -0.2) is 9.78 Å². The molecule has 0 aliphatic heterocycles. The van der Waals surface area contributed by atoms with Crippen LogP contribution in [0.2, 0.25) is 10.0 Å². The van der Waals surface area contributed by atoms with Crippen LogP contribution in [0.3, 0.4) is 0 Å². The summed E-state index contributed by atoms with van der Waals surface area (Å²) in [6.45, 7) is 0. The Morgan fingerprint density at radius 2 is 1.81 bits per heavy atom. The zero-order valence-electron chi connectivity index (χ0n) is 18.9. The lowest BCUT2D eigenvalue weighted by Gasteiger charge is -2.04. The topological polar surface area (TPSA) is 80.0 Å². The molecule has 6 rings (SSSR count). The summed E-state index contributed by atoms with van der Waals surface area (Å²) in [7, 11) is 0. The molecule has 3 aromatic carbocycles. The molecule has 0 spiro atoms. The molecular formula is C29H14Cl2N2O3S. The van der Waals surface area contributed by atoms with Gasteiger partial charge in [0.1, 0.15) is 28.2 Å². The molecule has 178 valence electrons. The van der Waals surface area contributed by atoms with Crippen molar-refractivity contribution in [1.82, 2.24) is 4.98 Å². The summed E-state index contributed by atoms with van der Waals surface area (Å²) < 4.78 is 11.5. The smallest absolute Gasteiger partial charge is 0.345 e. The second-order valence-electron chi connectivity index (χ2n) is 8.18. The summed E-state index contributed by atoms with van der Waals surface area (Å²) >= 11 is 13.4. The van der Waals surface area contributed by atoms with Crippen LogP contribution in [-0.4, -0.2) is 4.98 Å². The lowest BCUT2D eigenvalue weighted by molar-refractivity contribution is 0.563. The first-order valence-corrected chi connectivity index (χ1v) is 12.7. The first-order valence-electron chi connectivity index (χ1n) is 11.1. The van der Waals surface area contributed by atoms with Crippen LogP contribution >= 0.6 is 34.5 Å². The maximum Gasteiger partial charge on any atom is 0.345 e. The highest BCUT2D eigenvalue weighted by atomic mass is 35.5. The number of hydrogen-bond donors (Lipinski definition) is 0. The minimum atomic E-state index is -0.487. The molecule has 0 amide bonds. The van der Waals surface area contributed by atoms with Crippen LogP contribution in [0.15, 0.2) is 91.8 Å². The SMILES string of the molecule is N#CC(=Cc1ccc(-c2ccc(Cl)c(Cl)c2)o1)c1nc(-c2cc3c(ccc4ccccc43)oc2=O)cs1. The predicted octanol–water partition coefficient (Wildman–Crippen LogP) is 8.70. The minimum absolute atomic E-state index is 0.307. The van der Waals surface area contributed by atoms with Crippen LogP contribution < -0.4 is 5.63 Å². The van der Waals surface area contributed by atoms with Gasteiger partial charge >= 0.3 is 5.63 Å². The molecule has 0 atom stereocenters. The van der Waals surface area contributed by atoms with E-state index in [2.05, 4.69) is 11.1 Å². The average molecular weight is 541 g/mol. The van der Waals surface area contributed by atoms with E-state index in [1.165, 1.54) is 11.3 Å². The fraction of sp³-hybridized carbons (Fsp3) is 0. The number of furan rings is 1. The second-order valence-corrected chi connectivity index (χ2v) is 9.86. The minimum Gasteiger partial charge on any atom is -0.457 e. The van der Waals surface area contributed by atoms with E-state index in [1.807, 2.05) is 30.3 Å². The zero-order valence-corrected chi connectivity index (χ0v) is 21.2. The highest BCUT2D eigenvalue weighted by molar-refractivity contribution is 7.11. The van der Waals surface area contributed by atoms with Crippen molar-refractivity contribution < 1.29 is 8.83 Å². The van der Waals surface area contributed by atoms with E-state index in [0.717, 1.165) is 21.7 Å². The lowest BCUT2D eigenvalue weighted by atomic mass is 10.0. The molecule has 3 aromatic heterocycles. The van der Waals surface area contributed by atoms with Crippen molar-refractivity contribution in [3.63, 3.8) is 0 Å². The highest BCUT2D eigenvalue weighted by Gasteiger charge is 2.16. The quantitative estimate of drug-likeness (QED) is 0.127. The number of nitriles is 1. The maximum absolute atomic E-state index is 12.8. The number of nitrogens with zero attached hydrogens (tertiary/aromatic N) is 2. The largest absolute Gasteiger partial charge is 0.457 e. The Hall–Kier alpha value is -4.15. The van der Waals surface area contributed by atoms with E-state index < -0.39 is 5.63 Å². The van der Waals surface area contributed by atoms with Gasteiger partial charge in [0.25, 0.3) is 0 Å². The van der Waals surface area contributed by atoms with Gasteiger partial charge in [-0.3, -0.25) is 0 Å². The Balaban J connectivity index is 1.36. The number of hydrogen-bond acceptors (Lipinski definition) is 6. The average Bonchev–Trinajstić information content (AvgIpc) is 3.58. The van der Waals surface area contributed by atoms with Crippen molar-refractivity contribution in [2.24, 2.45) is 0 Å². The van der Waals surface area contributed by atoms with E-state index in [1.54, 1.807) is 53.9 Å². The molecular weight excluding hydrogens is 527 g/mol. The molecule has 0 radical (unpaired) electrons. The fourth-order valence-electron chi connectivity index (χ4n) is 4.09. The first kappa shape index (κ1) is 23.3. The molecule has 0 fully saturated rings. The van der Waals surface area contributed by atoms with Gasteiger partial charge in [-0.15, -0.1) is 11.3 Å². The number of rotatable bonds is 4. The summed E-state index contributed by atoms with van der Waals surface area (Å²) in [5.74, 6) is 1.06. The summed E-state index contributed by atoms with van der Waals surface area (Å²) in [6, 6.07) is 24.3. The number of aromatic nitrogens is 1. The standard InChI is InChI=1S/C29H14Cl2N2O3S/c30-23-8-5-17(12-24(23)31)26-10-7-19(35-26)11-18(14-32)28-33-25(15-37-28)22-13-21-20-4-2-1-3-16(20)6-9-27(21)36-29(22)34/h1-13,15H. The van der Waals surface area contributed by atoms with Crippen molar-refractivity contribution in [3.8, 4) is 28.7 Å². The number of fused-ring (bicyclic) bond motifs is 3. The maximum atomic E-state index is 12.8. The monoisotopic (exact) mass is 540 g/mol. The number of thiazole rings is 1. The van der Waals surface area contributed by atoms with Gasteiger partial charge in [-0.1, -0.05) is 53.5 Å². The molecule has 5 nitrogen and oxygen atoms in total. The van der Waals surface area contributed by atoms with Crippen molar-refractivity contribution >= 4 is 67.9 Å². The summed E-state index contributed by atoms with van der Waals surface area (Å²) in [5.41, 5.74) is 1.88. The van der Waals surface area contributed by atoms with E-state index >= 15 is 0 Å². The number of benzene rings is 3. The second kappa shape index (κ2) is 9.38. The van der Waals surface area contributed by atoms with E-state index in [0.29, 0.717) is 49.0 Å². The van der Waals surface area contributed by atoms with Crippen LogP contribution in [0.1, 0.15) is 10.8 Å². The van der Waals surface area contributed by atoms with Crippen molar-refractivity contribution in [2.45, 2.75) is 0 Å². The lowest BCUT2D eigenvalue weighted by Crippen LogP contribution is -2.03. The van der Waals surface area contributed by atoms with Crippen molar-refractivity contribution in [2.75, 3.05) is 0 Å². The van der Waals surface area contributed by atoms with Crippen molar-refractivity contribution in [3.05, 3.63) is 109 Å². The Kier molecular flexibility index (Phi) is 5.90. The van der Waals surface area contributed by atoms with E-state index in [-0.39, 0.29) is 0 Å². The Labute approximate surface area is 224 Å². The zero-order chi connectivity index (χ0) is 25.5. The predicted molar refractivity (Wildman–Crippen MR) is 149 cm³/mol. The van der Waals surface area contributed by atoms with Gasteiger partial charge in [0.05, 0.1) is 26.9 Å². The third-order valence-corrected chi connectivity index (χ3v) is 7.51. The molecule has 0 aliphatic rings. The van der Waals surface area contributed by atoms with Gasteiger partial charge in [-0.05, 0) is 53.2 Å². The molecule has 8 heteroatoms. The van der Waals surface area contributed by atoms with Gasteiger partial charge in [0.15, 0.2) is 0 Å². The third kappa shape index (κ3) is 4.34. The Bertz CT molecular complexity index is 1960. The third-order valence-electron chi connectivity index (χ3n) is 5.89. The molecule has 37 heavy (non-hydrogen) atoms. The molecule has 0 aliphatic carbocycles. The van der Waals surface area contributed by atoms with Crippen molar-refractivity contribution in [1.29, 1.82) is 5.26 Å². The number of allylic oxidation sites excluding steroid dienone is 1. The molecule has 0 saturated carbocycles. The summed E-state index contributed by atoms with van der Waals surface area (Å²) in [5, 5.41) is 15.7. The molecule has 0 saturated heterocycles. The van der Waals surface area contributed by atoms with Crippen LogP contribution in [0.5, 0.6) is 0 Å². The van der Waals surface area contributed by atoms with E-state index in [4.69, 9.17) is 32.0 Å². The van der Waals surface area contributed by atoms with Gasteiger partial charge in [0, 0.05) is 22.4 Å².